The van der Waals surface area contributed by atoms with E-state index in [0.717, 1.165) is 0 Å². The summed E-state index contributed by atoms with van der Waals surface area (Å²) in [6.07, 6.45) is 0.0429. The van der Waals surface area contributed by atoms with Crippen LogP contribution in [0.25, 0.3) is 0 Å². The summed E-state index contributed by atoms with van der Waals surface area (Å²) in [7, 11) is 1.59. The van der Waals surface area contributed by atoms with Crippen LogP contribution in [0.2, 0.25) is 5.15 Å². The zero-order chi connectivity index (χ0) is 25.8. The Morgan fingerprint density at radius 2 is 1.86 bits per heavy atom. The lowest BCUT2D eigenvalue weighted by Gasteiger charge is -2.40. The van der Waals surface area contributed by atoms with Gasteiger partial charge in [0.05, 0.1) is 25.1 Å². The molecule has 0 aliphatic carbocycles. The monoisotopic (exact) mass is 533 g/mol. The number of hydrogen-bond donors (Lipinski definition) is 0. The van der Waals surface area contributed by atoms with Gasteiger partial charge in [0.2, 0.25) is 5.91 Å². The smallest absolute Gasteiger partial charge is 0.254 e. The van der Waals surface area contributed by atoms with Crippen LogP contribution in [0.3, 0.4) is 0 Å². The Kier molecular flexibility index (Phi) is 8.58. The second kappa shape index (κ2) is 11.7. The van der Waals surface area contributed by atoms with Crippen LogP contribution in [0.15, 0.2) is 35.5 Å². The van der Waals surface area contributed by atoms with E-state index in [9.17, 15) is 9.59 Å². The van der Waals surface area contributed by atoms with Crippen molar-refractivity contribution in [2.24, 2.45) is 0 Å². The summed E-state index contributed by atoms with van der Waals surface area (Å²) < 4.78 is 11.0. The fourth-order valence-electron chi connectivity index (χ4n) is 4.60. The molecule has 3 unspecified atom stereocenters. The Balaban J connectivity index is 1.38. The van der Waals surface area contributed by atoms with Gasteiger partial charge in [-0.1, -0.05) is 29.4 Å². The molecule has 2 aromatic rings. The van der Waals surface area contributed by atoms with Crippen LogP contribution in [-0.4, -0.2) is 95.4 Å². The molecule has 0 bridgehead atoms. The summed E-state index contributed by atoms with van der Waals surface area (Å²) in [6, 6.07) is 8.90. The molecule has 2 aliphatic heterocycles. The minimum absolute atomic E-state index is 0.0215. The summed E-state index contributed by atoms with van der Waals surface area (Å²) >= 11 is 7.60. The molecule has 0 radical (unpaired) electrons. The van der Waals surface area contributed by atoms with Crippen molar-refractivity contribution in [3.63, 3.8) is 0 Å². The lowest BCUT2D eigenvalue weighted by atomic mass is 10.1. The van der Waals surface area contributed by atoms with Crippen molar-refractivity contribution in [3.8, 4) is 5.75 Å². The summed E-state index contributed by atoms with van der Waals surface area (Å²) in [5.41, 5.74) is 0.604. The molecule has 36 heavy (non-hydrogen) atoms. The lowest BCUT2D eigenvalue weighted by Crippen LogP contribution is -2.54. The second-order valence-electron chi connectivity index (χ2n) is 9.20. The number of halogens is 1. The van der Waals surface area contributed by atoms with Gasteiger partial charge in [-0.15, -0.1) is 0 Å². The largest absolute Gasteiger partial charge is 0.497 e. The SMILES string of the molecule is COc1cccc(C(=O)N2CCN(c3cc(Cl)nc(SCC(=O)N4CC(C)OC(C)C4)n3)CC2C)c1. The van der Waals surface area contributed by atoms with Crippen LogP contribution in [-0.2, 0) is 9.53 Å². The number of anilines is 1. The molecule has 2 aliphatic rings. The summed E-state index contributed by atoms with van der Waals surface area (Å²) in [4.78, 5) is 40.6. The van der Waals surface area contributed by atoms with E-state index in [0.29, 0.717) is 60.2 Å². The van der Waals surface area contributed by atoms with Crippen molar-refractivity contribution in [3.05, 3.63) is 41.0 Å². The zero-order valence-corrected chi connectivity index (χ0v) is 22.6. The van der Waals surface area contributed by atoms with Crippen LogP contribution in [0, 0.1) is 0 Å². The van der Waals surface area contributed by atoms with E-state index < -0.39 is 0 Å². The highest BCUT2D eigenvalue weighted by Crippen LogP contribution is 2.26. The van der Waals surface area contributed by atoms with Gasteiger partial charge in [0.25, 0.3) is 5.91 Å². The molecule has 0 N–H and O–H groups in total. The maximum atomic E-state index is 13.1. The first-order chi connectivity index (χ1) is 17.2. The summed E-state index contributed by atoms with van der Waals surface area (Å²) in [5, 5.41) is 0.786. The number of carbonyl (C=O) groups is 2. The fraction of sp³-hybridized carbons (Fsp3) is 0.520. The van der Waals surface area contributed by atoms with Gasteiger partial charge in [-0.3, -0.25) is 9.59 Å². The average Bonchev–Trinajstić information content (AvgIpc) is 2.86. The van der Waals surface area contributed by atoms with Crippen molar-refractivity contribution >= 4 is 41.0 Å². The lowest BCUT2D eigenvalue weighted by molar-refractivity contribution is -0.140. The van der Waals surface area contributed by atoms with Crippen molar-refractivity contribution in [2.45, 2.75) is 44.2 Å². The van der Waals surface area contributed by atoms with E-state index >= 15 is 0 Å². The first-order valence-electron chi connectivity index (χ1n) is 12.0. The number of methoxy groups -OCH3 is 1. The average molecular weight is 534 g/mol. The van der Waals surface area contributed by atoms with Gasteiger partial charge in [-0.05, 0) is 39.0 Å². The Hall–Kier alpha value is -2.56. The number of ether oxygens (including phenoxy) is 2. The number of piperazine rings is 1. The Morgan fingerprint density at radius 1 is 1.11 bits per heavy atom. The molecule has 4 rings (SSSR count). The number of aromatic nitrogens is 2. The van der Waals surface area contributed by atoms with Gasteiger partial charge in [-0.2, -0.15) is 0 Å². The van der Waals surface area contributed by atoms with Gasteiger partial charge < -0.3 is 24.2 Å². The summed E-state index contributed by atoms with van der Waals surface area (Å²) in [6.45, 7) is 8.90. The molecule has 3 atom stereocenters. The molecule has 0 spiro atoms. The van der Waals surface area contributed by atoms with Gasteiger partial charge in [0, 0.05) is 50.4 Å². The number of carbonyl (C=O) groups excluding carboxylic acids is 2. The molecule has 2 amide bonds. The standard InChI is InChI=1S/C25H32ClN5O4S/c1-16-12-29(8-9-31(16)24(33)19-6-5-7-20(10-19)34-4)22-11-21(26)27-25(28-22)36-15-23(32)30-13-17(2)35-18(3)14-30/h5-7,10-11,16-18H,8-9,12-15H2,1-4H3. The quantitative estimate of drug-likeness (QED) is 0.318. The minimum Gasteiger partial charge on any atom is -0.497 e. The molecule has 1 aromatic heterocycles. The maximum absolute atomic E-state index is 13.1. The molecular formula is C25H32ClN5O4S. The number of hydrogen-bond acceptors (Lipinski definition) is 8. The van der Waals surface area contributed by atoms with E-state index in [1.807, 2.05) is 42.7 Å². The van der Waals surface area contributed by atoms with Gasteiger partial charge in [0.1, 0.15) is 16.7 Å². The third kappa shape index (κ3) is 6.41. The molecule has 1 aromatic carbocycles. The summed E-state index contributed by atoms with van der Waals surface area (Å²) in [5.74, 6) is 1.59. The van der Waals surface area contributed by atoms with E-state index in [1.165, 1.54) is 11.8 Å². The fourth-order valence-corrected chi connectivity index (χ4v) is 5.58. The van der Waals surface area contributed by atoms with Crippen LogP contribution >= 0.6 is 23.4 Å². The van der Waals surface area contributed by atoms with E-state index in [2.05, 4.69) is 14.9 Å². The number of nitrogens with zero attached hydrogens (tertiary/aromatic N) is 5. The van der Waals surface area contributed by atoms with Crippen LogP contribution in [0.4, 0.5) is 5.82 Å². The molecule has 3 heterocycles. The minimum atomic E-state index is -0.0332. The van der Waals surface area contributed by atoms with Gasteiger partial charge >= 0.3 is 0 Å². The number of rotatable bonds is 6. The Labute approximate surface area is 221 Å². The number of morpholine rings is 1. The molecule has 9 nitrogen and oxygen atoms in total. The van der Waals surface area contributed by atoms with E-state index in [4.69, 9.17) is 21.1 Å². The van der Waals surface area contributed by atoms with Crippen molar-refractivity contribution < 1.29 is 19.1 Å². The topological polar surface area (TPSA) is 88.1 Å². The normalized spacial score (nSPS) is 22.5. The Morgan fingerprint density at radius 3 is 2.56 bits per heavy atom. The highest BCUT2D eigenvalue weighted by atomic mass is 35.5. The van der Waals surface area contributed by atoms with E-state index in [-0.39, 0.29) is 35.8 Å². The number of amides is 2. The molecule has 2 saturated heterocycles. The molecule has 0 saturated carbocycles. The molecule has 11 heteroatoms. The number of thioether (sulfide) groups is 1. The zero-order valence-electron chi connectivity index (χ0n) is 21.0. The third-order valence-electron chi connectivity index (χ3n) is 6.29. The molecule has 2 fully saturated rings. The highest BCUT2D eigenvalue weighted by Gasteiger charge is 2.30. The van der Waals surface area contributed by atoms with E-state index in [1.54, 1.807) is 25.3 Å². The van der Waals surface area contributed by atoms with Crippen molar-refractivity contribution in [1.82, 2.24) is 19.8 Å². The first kappa shape index (κ1) is 26.5. The van der Waals surface area contributed by atoms with Crippen molar-refractivity contribution in [1.29, 1.82) is 0 Å². The van der Waals surface area contributed by atoms with Crippen LogP contribution < -0.4 is 9.64 Å². The van der Waals surface area contributed by atoms with Crippen molar-refractivity contribution in [2.75, 3.05) is 50.5 Å². The number of benzene rings is 1. The predicted octanol–water partition coefficient (Wildman–Crippen LogP) is 3.22. The predicted molar refractivity (Wildman–Crippen MR) is 140 cm³/mol. The van der Waals surface area contributed by atoms with Gasteiger partial charge in [0.15, 0.2) is 5.16 Å². The molecule has 194 valence electrons. The second-order valence-corrected chi connectivity index (χ2v) is 10.5. The first-order valence-corrected chi connectivity index (χ1v) is 13.4. The maximum Gasteiger partial charge on any atom is 0.254 e. The third-order valence-corrected chi connectivity index (χ3v) is 7.31. The van der Waals surface area contributed by atoms with Gasteiger partial charge in [-0.25, -0.2) is 9.97 Å². The van der Waals surface area contributed by atoms with Crippen LogP contribution in [0.1, 0.15) is 31.1 Å². The highest BCUT2D eigenvalue weighted by molar-refractivity contribution is 7.99. The molecular weight excluding hydrogens is 502 g/mol. The Bertz CT molecular complexity index is 1100. The van der Waals surface area contributed by atoms with Crippen LogP contribution in [0.5, 0.6) is 5.75 Å².